The van der Waals surface area contributed by atoms with Crippen LogP contribution in [0.1, 0.15) is 73.9 Å². The van der Waals surface area contributed by atoms with E-state index in [0.29, 0.717) is 17.9 Å². The Kier molecular flexibility index (Phi) is 3.98. The molecule has 1 unspecified atom stereocenters. The summed E-state index contributed by atoms with van der Waals surface area (Å²) in [6.45, 7) is 9.02. The number of amides is 1. The minimum atomic E-state index is -0.0302. The minimum Gasteiger partial charge on any atom is -0.455 e. The quantitative estimate of drug-likeness (QED) is 0.633. The number of likely N-dealkylation sites (tertiary alicyclic amines) is 1. The fourth-order valence-corrected chi connectivity index (χ4v) is 3.93. The predicted molar refractivity (Wildman–Crippen MR) is 88.2 cm³/mol. The number of hydrogen-bond acceptors (Lipinski definition) is 4. The lowest BCUT2D eigenvalue weighted by atomic mass is 9.75. The van der Waals surface area contributed by atoms with E-state index in [-0.39, 0.29) is 17.4 Å². The van der Waals surface area contributed by atoms with Crippen molar-refractivity contribution in [3.63, 3.8) is 0 Å². The molecule has 1 amide bonds. The van der Waals surface area contributed by atoms with Gasteiger partial charge in [-0.15, -0.1) is 0 Å². The van der Waals surface area contributed by atoms with Gasteiger partial charge in [0.25, 0.3) is 5.91 Å². The number of carbonyl (C=O) groups is 1. The van der Waals surface area contributed by atoms with Crippen LogP contribution in [0.5, 0.6) is 0 Å². The van der Waals surface area contributed by atoms with Gasteiger partial charge < -0.3 is 14.5 Å². The smallest absolute Gasteiger partial charge is 0.290 e. The second-order valence-electron chi connectivity index (χ2n) is 7.76. The summed E-state index contributed by atoms with van der Waals surface area (Å²) in [5.41, 5.74) is 2.24. The molecule has 2 aliphatic rings. The number of hydrogen-bond donors (Lipinski definition) is 1. The predicted octanol–water partition coefficient (Wildman–Crippen LogP) is 3.75. The van der Waals surface area contributed by atoms with Gasteiger partial charge in [0.05, 0.1) is 5.71 Å². The summed E-state index contributed by atoms with van der Waals surface area (Å²) in [4.78, 5) is 14.9. The normalized spacial score (nSPS) is 25.5. The zero-order valence-corrected chi connectivity index (χ0v) is 14.5. The molecule has 5 nitrogen and oxygen atoms in total. The Hall–Kier alpha value is -1.78. The van der Waals surface area contributed by atoms with Gasteiger partial charge in [0.2, 0.25) is 0 Å². The van der Waals surface area contributed by atoms with Crippen LogP contribution in [0.2, 0.25) is 0 Å². The minimum absolute atomic E-state index is 0.0285. The highest BCUT2D eigenvalue weighted by Crippen LogP contribution is 2.39. The summed E-state index contributed by atoms with van der Waals surface area (Å²) in [6.07, 6.45) is 4.71. The van der Waals surface area contributed by atoms with Crippen LogP contribution in [0.4, 0.5) is 0 Å². The third kappa shape index (κ3) is 2.77. The van der Waals surface area contributed by atoms with Gasteiger partial charge in [-0.25, -0.2) is 0 Å². The highest BCUT2D eigenvalue weighted by atomic mass is 16.4. The first-order valence-electron chi connectivity index (χ1n) is 8.48. The number of carbonyl (C=O) groups excluding carboxylic acids is 1. The van der Waals surface area contributed by atoms with E-state index in [2.05, 4.69) is 25.9 Å². The van der Waals surface area contributed by atoms with E-state index in [0.717, 1.165) is 42.7 Å². The van der Waals surface area contributed by atoms with Crippen LogP contribution in [0.25, 0.3) is 0 Å². The largest absolute Gasteiger partial charge is 0.455 e. The summed E-state index contributed by atoms with van der Waals surface area (Å²) in [5, 5.41) is 12.9. The maximum Gasteiger partial charge on any atom is 0.290 e. The first-order valence-corrected chi connectivity index (χ1v) is 8.48. The second-order valence-corrected chi connectivity index (χ2v) is 7.76. The first-order chi connectivity index (χ1) is 10.8. The number of nitrogens with zero attached hydrogens (tertiary/aromatic N) is 2. The maximum absolute atomic E-state index is 12.9. The average molecular weight is 318 g/mol. The molecule has 0 spiro atoms. The lowest BCUT2D eigenvalue weighted by Crippen LogP contribution is -2.42. The Morgan fingerprint density at radius 1 is 1.35 bits per heavy atom. The standard InChI is InChI=1S/C18H26N2O3/c1-11-7-5-6-8-20(11)17(21)16-12(2)15-13(19-22)9-18(3,4)10-14(15)23-16/h11,22H,5-10H2,1-4H3/b19-13-. The van der Waals surface area contributed by atoms with Crippen molar-refractivity contribution in [2.45, 2.75) is 65.8 Å². The van der Waals surface area contributed by atoms with E-state index in [1.165, 1.54) is 6.42 Å². The van der Waals surface area contributed by atoms with Crippen LogP contribution in [0.3, 0.4) is 0 Å². The van der Waals surface area contributed by atoms with Crippen LogP contribution in [0.15, 0.2) is 9.57 Å². The van der Waals surface area contributed by atoms with Gasteiger partial charge in [-0.05, 0) is 44.9 Å². The van der Waals surface area contributed by atoms with Crippen molar-refractivity contribution < 1.29 is 14.4 Å². The summed E-state index contributed by atoms with van der Waals surface area (Å²) in [6, 6.07) is 0.250. The molecular weight excluding hydrogens is 292 g/mol. The topological polar surface area (TPSA) is 66.0 Å². The summed E-state index contributed by atoms with van der Waals surface area (Å²) < 4.78 is 5.98. The van der Waals surface area contributed by atoms with E-state index in [1.54, 1.807) is 0 Å². The number of oxime groups is 1. The molecule has 0 bridgehead atoms. The molecule has 0 aromatic carbocycles. The maximum atomic E-state index is 12.9. The van der Waals surface area contributed by atoms with Crippen molar-refractivity contribution in [1.82, 2.24) is 4.90 Å². The molecule has 1 N–H and O–H groups in total. The summed E-state index contributed by atoms with van der Waals surface area (Å²) in [5.74, 6) is 1.17. The lowest BCUT2D eigenvalue weighted by Gasteiger charge is -2.32. The van der Waals surface area contributed by atoms with Crippen LogP contribution < -0.4 is 0 Å². The SMILES string of the molecule is Cc1c(C(=O)N2CCCCC2C)oc2c1/C(=N\O)CC(C)(C)C2. The Morgan fingerprint density at radius 2 is 2.09 bits per heavy atom. The molecule has 0 saturated carbocycles. The number of fused-ring (bicyclic) bond motifs is 1. The van der Waals surface area contributed by atoms with E-state index < -0.39 is 0 Å². The zero-order chi connectivity index (χ0) is 16.8. The molecule has 3 rings (SSSR count). The van der Waals surface area contributed by atoms with Crippen LogP contribution in [0, 0.1) is 12.3 Å². The zero-order valence-electron chi connectivity index (χ0n) is 14.5. The lowest BCUT2D eigenvalue weighted by molar-refractivity contribution is 0.0599. The molecule has 1 aliphatic heterocycles. The molecule has 1 atom stereocenters. The summed E-state index contributed by atoms with van der Waals surface area (Å²) >= 11 is 0. The van der Waals surface area contributed by atoms with E-state index in [9.17, 15) is 10.0 Å². The number of rotatable bonds is 1. The van der Waals surface area contributed by atoms with Crippen molar-refractivity contribution in [2.24, 2.45) is 10.6 Å². The van der Waals surface area contributed by atoms with E-state index >= 15 is 0 Å². The van der Waals surface area contributed by atoms with E-state index in [1.807, 2.05) is 11.8 Å². The third-order valence-electron chi connectivity index (χ3n) is 5.17. The van der Waals surface area contributed by atoms with Crippen molar-refractivity contribution >= 4 is 11.6 Å². The molecule has 1 saturated heterocycles. The van der Waals surface area contributed by atoms with Crippen molar-refractivity contribution in [1.29, 1.82) is 0 Å². The van der Waals surface area contributed by atoms with Crippen molar-refractivity contribution in [3.8, 4) is 0 Å². The fourth-order valence-electron chi connectivity index (χ4n) is 3.93. The average Bonchev–Trinajstić information content (AvgIpc) is 2.81. The molecule has 1 aromatic rings. The van der Waals surface area contributed by atoms with Gasteiger partial charge in [-0.1, -0.05) is 19.0 Å². The van der Waals surface area contributed by atoms with Gasteiger partial charge in [-0.3, -0.25) is 4.79 Å². The Bertz CT molecular complexity index is 657. The molecular formula is C18H26N2O3. The molecule has 126 valence electrons. The molecule has 2 heterocycles. The highest BCUT2D eigenvalue weighted by Gasteiger charge is 2.37. The Morgan fingerprint density at radius 3 is 2.74 bits per heavy atom. The van der Waals surface area contributed by atoms with Crippen molar-refractivity contribution in [3.05, 3.63) is 22.6 Å². The fraction of sp³-hybridized carbons (Fsp3) is 0.667. The highest BCUT2D eigenvalue weighted by molar-refractivity contribution is 6.06. The molecule has 5 heteroatoms. The number of furan rings is 1. The Balaban J connectivity index is 2.00. The molecule has 1 aromatic heterocycles. The molecule has 23 heavy (non-hydrogen) atoms. The van der Waals surface area contributed by atoms with Gasteiger partial charge >= 0.3 is 0 Å². The Labute approximate surface area is 137 Å². The van der Waals surface area contributed by atoms with Crippen LogP contribution in [-0.4, -0.2) is 34.3 Å². The summed E-state index contributed by atoms with van der Waals surface area (Å²) in [7, 11) is 0. The van der Waals surface area contributed by atoms with Gasteiger partial charge in [0.15, 0.2) is 5.76 Å². The van der Waals surface area contributed by atoms with Gasteiger partial charge in [0.1, 0.15) is 5.76 Å². The van der Waals surface area contributed by atoms with Gasteiger partial charge in [-0.2, -0.15) is 0 Å². The number of piperidine rings is 1. The van der Waals surface area contributed by atoms with Crippen molar-refractivity contribution in [2.75, 3.05) is 6.54 Å². The van der Waals surface area contributed by atoms with E-state index in [4.69, 9.17) is 4.42 Å². The first kappa shape index (κ1) is 16.1. The third-order valence-corrected chi connectivity index (χ3v) is 5.17. The molecule has 0 radical (unpaired) electrons. The van der Waals surface area contributed by atoms with Crippen LogP contribution in [-0.2, 0) is 6.42 Å². The van der Waals surface area contributed by atoms with Crippen LogP contribution >= 0.6 is 0 Å². The molecule has 1 fully saturated rings. The monoisotopic (exact) mass is 318 g/mol. The van der Waals surface area contributed by atoms with Gasteiger partial charge in [0, 0.05) is 30.1 Å². The molecule has 1 aliphatic carbocycles. The second kappa shape index (κ2) is 5.69.